The van der Waals surface area contributed by atoms with Crippen LogP contribution in [-0.2, 0) is 22.6 Å². The second-order valence-corrected chi connectivity index (χ2v) is 21.2. The Bertz CT molecular complexity index is 3090. The Labute approximate surface area is 350 Å². The molecule has 11 rings (SSSR count). The minimum atomic E-state index is -2.57. The highest BCUT2D eigenvalue weighted by atomic mass is 32.4. The molecule has 59 heavy (non-hydrogen) atoms. The van der Waals surface area contributed by atoms with Crippen molar-refractivity contribution in [2.45, 2.75) is 38.5 Å². The van der Waals surface area contributed by atoms with Crippen molar-refractivity contribution in [2.24, 2.45) is 0 Å². The van der Waals surface area contributed by atoms with Gasteiger partial charge in [-0.2, -0.15) is 0 Å². The molecule has 0 fully saturated rings. The first kappa shape index (κ1) is 35.9. The Morgan fingerprint density at radius 3 is 1.66 bits per heavy atom. The number of rotatable bonds is 5. The van der Waals surface area contributed by atoms with E-state index in [-0.39, 0.29) is 10.8 Å². The van der Waals surface area contributed by atoms with Gasteiger partial charge < -0.3 is 14.1 Å². The van der Waals surface area contributed by atoms with E-state index in [1.54, 1.807) is 0 Å². The average Bonchev–Trinajstić information content (AvgIpc) is 3.66. The van der Waals surface area contributed by atoms with Gasteiger partial charge in [0.15, 0.2) is 11.5 Å². The summed E-state index contributed by atoms with van der Waals surface area (Å²) < 4.78 is 13.2. The van der Waals surface area contributed by atoms with Crippen molar-refractivity contribution < 1.29 is 9.15 Å². The molecule has 286 valence electrons. The summed E-state index contributed by atoms with van der Waals surface area (Å²) in [6.07, 6.45) is 0. The molecule has 0 atom stereocenters. The van der Waals surface area contributed by atoms with Gasteiger partial charge in [-0.1, -0.05) is 161 Å². The van der Waals surface area contributed by atoms with Crippen LogP contribution >= 0.6 is 6.04 Å². The molecule has 1 aliphatic carbocycles. The fourth-order valence-electron chi connectivity index (χ4n) is 9.70. The van der Waals surface area contributed by atoms with E-state index in [9.17, 15) is 0 Å². The summed E-state index contributed by atoms with van der Waals surface area (Å²) >= 11 is 6.99. The standard InChI is InChI=1S/C54H42NO2PS/c1-53(2)43-30-28-37(55-46-22-12-15-25-49(46)56-50-26-16-13-23-47(50)55)34-45(43)54(3,4)42-29-27-35(32-44(42)53)36-31-41-40-21-11-14-24-48(40)57-52(41)51(33-36)58(59,38-17-7-5-8-18-38)39-19-9-6-10-20-39/h5-34H,1-4H3. The number of furan rings is 1. The van der Waals surface area contributed by atoms with Crippen LogP contribution in [0.3, 0.4) is 0 Å². The van der Waals surface area contributed by atoms with Gasteiger partial charge in [-0.05, 0) is 105 Å². The summed E-state index contributed by atoms with van der Waals surface area (Å²) in [6, 6.07) is 62.6. The Balaban J connectivity index is 1.09. The van der Waals surface area contributed by atoms with Crippen LogP contribution in [0.15, 0.2) is 186 Å². The van der Waals surface area contributed by atoms with E-state index in [0.717, 1.165) is 72.0 Å². The molecule has 0 saturated heterocycles. The lowest BCUT2D eigenvalue weighted by molar-refractivity contribution is 0.477. The molecule has 0 spiro atoms. The summed E-state index contributed by atoms with van der Waals surface area (Å²) in [7, 11) is 0. The zero-order valence-electron chi connectivity index (χ0n) is 33.4. The smallest absolute Gasteiger partial charge is 0.151 e. The monoisotopic (exact) mass is 799 g/mol. The molecule has 0 N–H and O–H groups in total. The van der Waals surface area contributed by atoms with Gasteiger partial charge in [0.1, 0.15) is 11.2 Å². The molecule has 2 aliphatic rings. The number of para-hydroxylation sites is 5. The van der Waals surface area contributed by atoms with Crippen LogP contribution in [0.5, 0.6) is 11.5 Å². The fourth-order valence-corrected chi connectivity index (χ4v) is 13.7. The molecule has 8 aromatic carbocycles. The summed E-state index contributed by atoms with van der Waals surface area (Å²) in [5, 5.41) is 5.57. The van der Waals surface area contributed by atoms with E-state index in [2.05, 4.69) is 184 Å². The highest BCUT2D eigenvalue weighted by Gasteiger charge is 2.42. The minimum absolute atomic E-state index is 0.266. The highest BCUT2D eigenvalue weighted by molar-refractivity contribution is 8.25. The quantitative estimate of drug-likeness (QED) is 0.162. The lowest BCUT2D eigenvalue weighted by Crippen LogP contribution is -2.36. The van der Waals surface area contributed by atoms with Crippen LogP contribution in [0.2, 0.25) is 0 Å². The molecule has 1 aliphatic heterocycles. The number of benzene rings is 8. The molecule has 1 aromatic heterocycles. The average molecular weight is 800 g/mol. The van der Waals surface area contributed by atoms with E-state index < -0.39 is 6.04 Å². The minimum Gasteiger partial charge on any atom is -0.455 e. The fraction of sp³-hybridized carbons (Fsp3) is 0.111. The molecular weight excluding hydrogens is 758 g/mol. The van der Waals surface area contributed by atoms with Crippen LogP contribution in [0, 0.1) is 0 Å². The number of hydrogen-bond acceptors (Lipinski definition) is 4. The molecule has 2 heterocycles. The lowest BCUT2D eigenvalue weighted by Gasteiger charge is -2.45. The molecule has 3 nitrogen and oxygen atoms in total. The van der Waals surface area contributed by atoms with Gasteiger partial charge >= 0.3 is 0 Å². The largest absolute Gasteiger partial charge is 0.455 e. The Kier molecular flexibility index (Phi) is 8.02. The number of nitrogens with zero attached hydrogens (tertiary/aromatic N) is 1. The van der Waals surface area contributed by atoms with Gasteiger partial charge in [-0.3, -0.25) is 0 Å². The van der Waals surface area contributed by atoms with E-state index in [4.69, 9.17) is 21.0 Å². The molecule has 0 amide bonds. The van der Waals surface area contributed by atoms with Gasteiger partial charge in [0.2, 0.25) is 0 Å². The second kappa shape index (κ2) is 13.2. The van der Waals surface area contributed by atoms with Crippen molar-refractivity contribution in [1.29, 1.82) is 0 Å². The topological polar surface area (TPSA) is 25.6 Å². The maximum Gasteiger partial charge on any atom is 0.151 e. The SMILES string of the molecule is CC1(C)c2ccc(N3c4ccccc4Oc4ccccc43)cc2C(C)(C)c2ccc(-c3cc(P(=S)(c4ccccc4)c4ccccc4)c4oc5ccccc5c4c3)cc21. The van der Waals surface area contributed by atoms with Crippen molar-refractivity contribution in [1.82, 2.24) is 0 Å². The number of hydrogen-bond donors (Lipinski definition) is 0. The normalized spacial score (nSPS) is 14.9. The summed E-state index contributed by atoms with van der Waals surface area (Å²) in [5.74, 6) is 1.71. The third-order valence-corrected chi connectivity index (χ3v) is 17.7. The summed E-state index contributed by atoms with van der Waals surface area (Å²) in [6.45, 7) is 9.52. The van der Waals surface area contributed by atoms with Gasteiger partial charge in [-0.15, -0.1) is 0 Å². The summed E-state index contributed by atoms with van der Waals surface area (Å²) in [5.41, 5.74) is 12.1. The molecule has 5 heteroatoms. The molecule has 9 aromatic rings. The Hall–Kier alpha value is -6.19. The van der Waals surface area contributed by atoms with Gasteiger partial charge in [0.05, 0.1) is 11.4 Å². The molecule has 0 unspecified atom stereocenters. The van der Waals surface area contributed by atoms with E-state index in [1.165, 1.54) is 27.8 Å². The maximum absolute atomic E-state index is 6.99. The zero-order chi connectivity index (χ0) is 40.1. The van der Waals surface area contributed by atoms with Gasteiger partial charge in [0, 0.05) is 38.6 Å². The second-order valence-electron chi connectivity index (χ2n) is 16.9. The maximum atomic E-state index is 6.99. The van der Waals surface area contributed by atoms with E-state index >= 15 is 0 Å². The number of fused-ring (bicyclic) bond motifs is 7. The van der Waals surface area contributed by atoms with Crippen LogP contribution in [0.1, 0.15) is 49.9 Å². The van der Waals surface area contributed by atoms with Crippen LogP contribution in [0.4, 0.5) is 17.1 Å². The number of ether oxygens (including phenoxy) is 1. The highest BCUT2D eigenvalue weighted by Crippen LogP contribution is 2.55. The lowest BCUT2D eigenvalue weighted by atomic mass is 9.59. The van der Waals surface area contributed by atoms with E-state index in [0.29, 0.717) is 0 Å². The predicted octanol–water partition coefficient (Wildman–Crippen LogP) is 13.5. The van der Waals surface area contributed by atoms with Crippen LogP contribution in [0.25, 0.3) is 33.1 Å². The molecular formula is C54H42NO2PS. The van der Waals surface area contributed by atoms with Gasteiger partial charge in [-0.25, -0.2) is 0 Å². The first-order valence-electron chi connectivity index (χ1n) is 20.3. The van der Waals surface area contributed by atoms with Crippen LogP contribution in [-0.4, -0.2) is 0 Å². The van der Waals surface area contributed by atoms with Crippen molar-refractivity contribution in [3.05, 3.63) is 204 Å². The molecule has 0 saturated carbocycles. The van der Waals surface area contributed by atoms with Crippen LogP contribution < -0.4 is 25.6 Å². The molecule has 0 bridgehead atoms. The zero-order valence-corrected chi connectivity index (χ0v) is 35.2. The Morgan fingerprint density at radius 2 is 1.02 bits per heavy atom. The third kappa shape index (κ3) is 5.36. The van der Waals surface area contributed by atoms with E-state index in [1.807, 2.05) is 30.3 Å². The molecule has 0 radical (unpaired) electrons. The first-order chi connectivity index (χ1) is 28.6. The van der Waals surface area contributed by atoms with Gasteiger partial charge in [0.25, 0.3) is 0 Å². The first-order valence-corrected chi connectivity index (χ1v) is 23.1. The number of anilines is 3. The van der Waals surface area contributed by atoms with Crippen molar-refractivity contribution >= 4 is 72.8 Å². The third-order valence-electron chi connectivity index (χ3n) is 12.8. The predicted molar refractivity (Wildman–Crippen MR) is 251 cm³/mol. The Morgan fingerprint density at radius 1 is 0.475 bits per heavy atom. The van der Waals surface area contributed by atoms with Crippen molar-refractivity contribution in [3.8, 4) is 22.6 Å². The summed E-state index contributed by atoms with van der Waals surface area (Å²) in [4.78, 5) is 2.34. The van der Waals surface area contributed by atoms with Crippen molar-refractivity contribution in [2.75, 3.05) is 4.90 Å². The van der Waals surface area contributed by atoms with Crippen molar-refractivity contribution in [3.63, 3.8) is 0 Å².